The number of fused-ring (bicyclic) bond motifs is 3. The molecule has 3 atom stereocenters. The zero-order chi connectivity index (χ0) is 23.7. The Morgan fingerprint density at radius 3 is 2.82 bits per heavy atom. The van der Waals surface area contributed by atoms with Gasteiger partial charge >= 0.3 is 6.09 Å². The van der Waals surface area contributed by atoms with Crippen LogP contribution in [-0.2, 0) is 22.6 Å². The van der Waals surface area contributed by atoms with Crippen LogP contribution in [0.25, 0.3) is 10.8 Å². The van der Waals surface area contributed by atoms with Crippen LogP contribution in [0.4, 0.5) is 20.7 Å². The topological polar surface area (TPSA) is 75.7 Å². The van der Waals surface area contributed by atoms with Crippen molar-refractivity contribution in [3.63, 3.8) is 0 Å². The average molecular weight is 465 g/mol. The Morgan fingerprint density at radius 2 is 2.09 bits per heavy atom. The fraction of sp³-hybridized carbons (Fsp3) is 0.385. The van der Waals surface area contributed by atoms with Gasteiger partial charge in [0.25, 0.3) is 0 Å². The molecular formula is C26H29FN4O3. The third-order valence-electron chi connectivity index (χ3n) is 6.99. The van der Waals surface area contributed by atoms with Crippen LogP contribution in [0.5, 0.6) is 0 Å². The number of ether oxygens (including phenoxy) is 2. The van der Waals surface area contributed by atoms with Crippen LogP contribution in [0, 0.1) is 11.7 Å². The van der Waals surface area contributed by atoms with Crippen molar-refractivity contribution in [1.82, 2.24) is 9.88 Å². The Balaban J connectivity index is 1.19. The van der Waals surface area contributed by atoms with Gasteiger partial charge in [0.15, 0.2) is 0 Å². The first kappa shape index (κ1) is 22.6. The van der Waals surface area contributed by atoms with E-state index in [1.165, 1.54) is 13.5 Å². The lowest BCUT2D eigenvalue weighted by Crippen LogP contribution is -2.35. The molecule has 1 unspecified atom stereocenters. The van der Waals surface area contributed by atoms with Crippen LogP contribution < -0.4 is 10.6 Å². The van der Waals surface area contributed by atoms with E-state index in [4.69, 9.17) is 4.74 Å². The van der Waals surface area contributed by atoms with Gasteiger partial charge in [0.05, 0.1) is 19.8 Å². The fourth-order valence-corrected chi connectivity index (χ4v) is 5.09. The number of benzene rings is 2. The number of hydrogen-bond acceptors (Lipinski definition) is 6. The van der Waals surface area contributed by atoms with E-state index in [0.717, 1.165) is 35.0 Å². The number of nitrogens with one attached hydrogen (secondary N) is 2. The van der Waals surface area contributed by atoms with Crippen molar-refractivity contribution in [2.24, 2.45) is 5.92 Å². The van der Waals surface area contributed by atoms with Crippen molar-refractivity contribution in [1.29, 1.82) is 0 Å². The van der Waals surface area contributed by atoms with E-state index in [1.807, 2.05) is 36.4 Å². The highest BCUT2D eigenvalue weighted by Crippen LogP contribution is 2.38. The second kappa shape index (κ2) is 9.56. The summed E-state index contributed by atoms with van der Waals surface area (Å²) < 4.78 is 25.5. The Morgan fingerprint density at radius 1 is 1.21 bits per heavy atom. The number of piperidine rings is 1. The molecule has 0 radical (unpaired) electrons. The maximum Gasteiger partial charge on any atom is 0.412 e. The first-order valence-corrected chi connectivity index (χ1v) is 11.6. The van der Waals surface area contributed by atoms with Crippen LogP contribution in [-0.4, -0.2) is 48.8 Å². The number of aromatic nitrogens is 1. The summed E-state index contributed by atoms with van der Waals surface area (Å²) in [5.74, 6) is 0.793. The first-order chi connectivity index (χ1) is 16.5. The molecule has 1 saturated heterocycles. The number of carbonyl (C=O) groups excluding carboxylic acids is 1. The number of nitrogens with zero attached hydrogens (tertiary/aromatic N) is 2. The van der Waals surface area contributed by atoms with Gasteiger partial charge in [0.2, 0.25) is 0 Å². The summed E-state index contributed by atoms with van der Waals surface area (Å²) in [6.07, 6.45) is 3.63. The van der Waals surface area contributed by atoms with Gasteiger partial charge in [-0.1, -0.05) is 12.1 Å². The van der Waals surface area contributed by atoms with Crippen LogP contribution in [0.3, 0.4) is 0 Å². The maximum atomic E-state index is 14.8. The Bertz CT molecular complexity index is 1200. The molecule has 1 aliphatic heterocycles. The molecule has 2 aromatic carbocycles. The van der Waals surface area contributed by atoms with Gasteiger partial charge in [-0.15, -0.1) is 0 Å². The summed E-state index contributed by atoms with van der Waals surface area (Å²) in [4.78, 5) is 18.1. The SMILES string of the molecule is COC(=O)Nc1nccc2cc(NCc3ccc(CO[C@H]4CC5C[C@H]4CN5C)cc3F)ccc12. The van der Waals surface area contributed by atoms with Gasteiger partial charge in [-0.25, -0.2) is 14.2 Å². The third-order valence-corrected chi connectivity index (χ3v) is 6.99. The normalized spacial score (nSPS) is 21.7. The second-order valence-corrected chi connectivity index (χ2v) is 9.17. The molecule has 1 amide bonds. The van der Waals surface area contributed by atoms with E-state index < -0.39 is 6.09 Å². The Labute approximate surface area is 198 Å². The highest BCUT2D eigenvalue weighted by atomic mass is 19.1. The van der Waals surface area contributed by atoms with Crippen LogP contribution in [0.15, 0.2) is 48.7 Å². The minimum absolute atomic E-state index is 0.240. The molecule has 5 rings (SSSR count). The van der Waals surface area contributed by atoms with Crippen molar-refractivity contribution in [3.8, 4) is 0 Å². The highest BCUT2D eigenvalue weighted by Gasteiger charge is 2.43. The third kappa shape index (κ3) is 4.69. The van der Waals surface area contributed by atoms with Crippen LogP contribution in [0.1, 0.15) is 24.0 Å². The van der Waals surface area contributed by atoms with E-state index in [-0.39, 0.29) is 11.9 Å². The lowest BCUT2D eigenvalue weighted by molar-refractivity contribution is -0.00641. The summed E-state index contributed by atoms with van der Waals surface area (Å²) >= 11 is 0. The Hall–Kier alpha value is -3.23. The number of carbonyl (C=O) groups is 1. The zero-order valence-electron chi connectivity index (χ0n) is 19.4. The van der Waals surface area contributed by atoms with Crippen LogP contribution in [0.2, 0.25) is 0 Å². The van der Waals surface area contributed by atoms with Crippen molar-refractivity contribution < 1.29 is 18.7 Å². The number of methoxy groups -OCH3 is 1. The lowest BCUT2D eigenvalue weighted by atomic mass is 10.1. The number of amides is 1. The van der Waals surface area contributed by atoms with Crippen molar-refractivity contribution in [2.75, 3.05) is 31.3 Å². The van der Waals surface area contributed by atoms with Crippen molar-refractivity contribution >= 4 is 28.4 Å². The molecule has 1 aliphatic carbocycles. The number of anilines is 2. The summed E-state index contributed by atoms with van der Waals surface area (Å²) in [7, 11) is 3.48. The number of likely N-dealkylation sites (tertiary alicyclic amines) is 1. The quantitative estimate of drug-likeness (QED) is 0.525. The average Bonchev–Trinajstić information content (AvgIpc) is 3.41. The molecule has 7 nitrogen and oxygen atoms in total. The minimum atomic E-state index is -0.574. The second-order valence-electron chi connectivity index (χ2n) is 9.17. The maximum absolute atomic E-state index is 14.8. The van der Waals surface area contributed by atoms with E-state index in [9.17, 15) is 9.18 Å². The molecule has 3 aromatic rings. The lowest BCUT2D eigenvalue weighted by Gasteiger charge is -2.28. The largest absolute Gasteiger partial charge is 0.453 e. The summed E-state index contributed by atoms with van der Waals surface area (Å²) in [6, 6.07) is 13.5. The monoisotopic (exact) mass is 464 g/mol. The molecule has 178 valence electrons. The van der Waals surface area contributed by atoms with E-state index in [0.29, 0.717) is 36.5 Å². The zero-order valence-corrected chi connectivity index (χ0v) is 19.4. The molecule has 2 fully saturated rings. The van der Waals surface area contributed by atoms with Gasteiger partial charge in [0.1, 0.15) is 11.6 Å². The molecule has 2 N–H and O–H groups in total. The molecular weight excluding hydrogens is 435 g/mol. The molecule has 2 bridgehead atoms. The summed E-state index contributed by atoms with van der Waals surface area (Å²) in [6.45, 7) is 1.90. The molecule has 2 aliphatic rings. The molecule has 1 aromatic heterocycles. The summed E-state index contributed by atoms with van der Waals surface area (Å²) in [5.41, 5.74) is 2.30. The van der Waals surface area contributed by atoms with Crippen molar-refractivity contribution in [3.05, 3.63) is 65.6 Å². The molecule has 2 heterocycles. The van der Waals surface area contributed by atoms with Gasteiger partial charge in [0, 0.05) is 42.0 Å². The minimum Gasteiger partial charge on any atom is -0.453 e. The molecule has 34 heavy (non-hydrogen) atoms. The smallest absolute Gasteiger partial charge is 0.412 e. The first-order valence-electron chi connectivity index (χ1n) is 11.6. The van der Waals surface area contributed by atoms with Gasteiger partial charge in [-0.05, 0) is 67.1 Å². The number of rotatable bonds is 7. The molecule has 1 saturated carbocycles. The highest BCUT2D eigenvalue weighted by molar-refractivity contribution is 5.99. The fourth-order valence-electron chi connectivity index (χ4n) is 5.09. The molecule has 8 heteroatoms. The number of pyridine rings is 1. The predicted octanol–water partition coefficient (Wildman–Crippen LogP) is 4.77. The molecule has 0 spiro atoms. The number of hydrogen-bond donors (Lipinski definition) is 2. The predicted molar refractivity (Wildman–Crippen MR) is 129 cm³/mol. The van der Waals surface area contributed by atoms with Gasteiger partial charge in [-0.3, -0.25) is 5.32 Å². The van der Waals surface area contributed by atoms with E-state index >= 15 is 0 Å². The van der Waals surface area contributed by atoms with Crippen LogP contribution >= 0.6 is 0 Å². The van der Waals surface area contributed by atoms with Crippen molar-refractivity contribution in [2.45, 2.75) is 38.1 Å². The number of halogens is 1. The van der Waals surface area contributed by atoms with Gasteiger partial charge in [-0.2, -0.15) is 0 Å². The Kier molecular flexibility index (Phi) is 6.34. The van der Waals surface area contributed by atoms with E-state index in [2.05, 4.69) is 32.3 Å². The van der Waals surface area contributed by atoms with E-state index in [1.54, 1.807) is 12.3 Å². The van der Waals surface area contributed by atoms with Gasteiger partial charge < -0.3 is 19.7 Å². The standard InChI is InChI=1S/C26H29FN4O3/c1-31-14-19-11-21(31)12-24(19)34-15-16-3-4-18(23(27)9-16)13-29-20-5-6-22-17(10-20)7-8-28-25(22)30-26(32)33-2/h3-10,19,21,24,29H,11-15H2,1-2H3,(H,28,30,32)/t19-,21?,24-/m0/s1. The summed E-state index contributed by atoms with van der Waals surface area (Å²) in [5, 5.41) is 7.57.